The number of carbonyl (C=O) groups is 1. The average molecular weight is 567 g/mol. The highest BCUT2D eigenvalue weighted by molar-refractivity contribution is 6.02. The van der Waals surface area contributed by atoms with Gasteiger partial charge in [-0.1, -0.05) is 36.9 Å². The molecule has 42 heavy (non-hydrogen) atoms. The Bertz CT molecular complexity index is 1610. The second-order valence-electron chi connectivity index (χ2n) is 11.0. The summed E-state index contributed by atoms with van der Waals surface area (Å²) in [6, 6.07) is 15.7. The molecule has 6 rings (SSSR count). The van der Waals surface area contributed by atoms with Crippen molar-refractivity contribution in [3.05, 3.63) is 79.1 Å². The number of nitrogens with zero attached hydrogens (tertiary/aromatic N) is 6. The van der Waals surface area contributed by atoms with Crippen LogP contribution in [0.25, 0.3) is 17.1 Å². The third-order valence-corrected chi connectivity index (χ3v) is 7.42. The van der Waals surface area contributed by atoms with Crippen LogP contribution in [-0.2, 0) is 16.1 Å². The lowest BCUT2D eigenvalue weighted by Crippen LogP contribution is -2.66. The van der Waals surface area contributed by atoms with E-state index in [1.807, 2.05) is 56.7 Å². The molecule has 2 saturated heterocycles. The van der Waals surface area contributed by atoms with E-state index in [-0.39, 0.29) is 11.3 Å². The summed E-state index contributed by atoms with van der Waals surface area (Å²) in [5.74, 6) is 1.27. The van der Waals surface area contributed by atoms with Crippen molar-refractivity contribution >= 4 is 28.9 Å². The zero-order valence-corrected chi connectivity index (χ0v) is 24.0. The summed E-state index contributed by atoms with van der Waals surface area (Å²) in [7, 11) is 5.68. The molecule has 216 valence electrons. The van der Waals surface area contributed by atoms with Gasteiger partial charge in [0.15, 0.2) is 5.82 Å². The van der Waals surface area contributed by atoms with Crippen molar-refractivity contribution < 1.29 is 14.3 Å². The molecule has 11 heteroatoms. The number of methoxy groups -OCH3 is 1. The smallest absolute Gasteiger partial charge is 0.247 e. The van der Waals surface area contributed by atoms with Crippen LogP contribution >= 0.6 is 0 Å². The Balaban J connectivity index is 1.31. The van der Waals surface area contributed by atoms with Crippen LogP contribution in [0.4, 0.5) is 23.0 Å². The molecule has 4 heterocycles. The lowest BCUT2D eigenvalue weighted by atomic mass is 9.77. The van der Waals surface area contributed by atoms with E-state index >= 15 is 0 Å². The molecule has 0 bridgehead atoms. The third kappa shape index (κ3) is 5.44. The van der Waals surface area contributed by atoms with Crippen LogP contribution in [0.3, 0.4) is 0 Å². The number of hydrogen-bond donors (Lipinski definition) is 2. The summed E-state index contributed by atoms with van der Waals surface area (Å²) in [4.78, 5) is 25.9. The van der Waals surface area contributed by atoms with Crippen molar-refractivity contribution in [3.63, 3.8) is 0 Å². The maximum absolute atomic E-state index is 12.3. The number of benzene rings is 2. The summed E-state index contributed by atoms with van der Waals surface area (Å²) in [6.45, 7) is 7.58. The van der Waals surface area contributed by atoms with Gasteiger partial charge in [0.05, 0.1) is 48.5 Å². The Labute approximate surface area is 244 Å². The van der Waals surface area contributed by atoms with Gasteiger partial charge in [-0.15, -0.1) is 0 Å². The summed E-state index contributed by atoms with van der Waals surface area (Å²) in [5.41, 5.74) is 5.35. The Morgan fingerprint density at radius 1 is 1.17 bits per heavy atom. The predicted molar refractivity (Wildman–Crippen MR) is 163 cm³/mol. The SMILES string of the molecule is C=CC(=O)Nc1cc(Nc2nccc(-n3cc(CN(C)C)c(-c4ccccc4)n3)n2)c(OC)cc1N1CC2(COC2)C1. The highest BCUT2D eigenvalue weighted by atomic mass is 16.5. The van der Waals surface area contributed by atoms with Gasteiger partial charge in [-0.3, -0.25) is 4.79 Å². The molecule has 1 amide bonds. The first-order valence-corrected chi connectivity index (χ1v) is 13.7. The zero-order valence-electron chi connectivity index (χ0n) is 24.0. The van der Waals surface area contributed by atoms with E-state index in [1.54, 1.807) is 18.0 Å². The maximum atomic E-state index is 12.3. The molecule has 0 unspecified atom stereocenters. The number of rotatable bonds is 10. The van der Waals surface area contributed by atoms with Crippen LogP contribution in [0.15, 0.2) is 73.6 Å². The minimum atomic E-state index is -0.297. The molecule has 2 aliphatic rings. The molecule has 4 aromatic rings. The van der Waals surface area contributed by atoms with Crippen LogP contribution in [-0.4, -0.2) is 78.1 Å². The summed E-state index contributed by atoms with van der Waals surface area (Å²) < 4.78 is 13.0. The molecule has 2 aliphatic heterocycles. The average Bonchev–Trinajstić information content (AvgIpc) is 3.36. The van der Waals surface area contributed by atoms with Gasteiger partial charge in [-0.05, 0) is 26.2 Å². The molecule has 2 aromatic heterocycles. The number of anilines is 4. The van der Waals surface area contributed by atoms with Gasteiger partial charge in [0.1, 0.15) is 5.75 Å². The van der Waals surface area contributed by atoms with Crippen molar-refractivity contribution in [2.24, 2.45) is 5.41 Å². The molecule has 0 aliphatic carbocycles. The van der Waals surface area contributed by atoms with Crippen LogP contribution in [0.5, 0.6) is 5.75 Å². The normalized spacial score (nSPS) is 15.2. The first-order valence-electron chi connectivity index (χ1n) is 13.7. The molecular weight excluding hydrogens is 532 g/mol. The van der Waals surface area contributed by atoms with Crippen LogP contribution < -0.4 is 20.3 Å². The molecule has 0 radical (unpaired) electrons. The lowest BCUT2D eigenvalue weighted by Gasteiger charge is -2.56. The van der Waals surface area contributed by atoms with E-state index in [9.17, 15) is 4.79 Å². The van der Waals surface area contributed by atoms with E-state index < -0.39 is 0 Å². The Morgan fingerprint density at radius 2 is 1.95 bits per heavy atom. The fourth-order valence-electron chi connectivity index (χ4n) is 5.37. The molecule has 2 N–H and O–H groups in total. The predicted octanol–water partition coefficient (Wildman–Crippen LogP) is 4.10. The lowest BCUT2D eigenvalue weighted by molar-refractivity contribution is -0.127. The van der Waals surface area contributed by atoms with Gasteiger partial charge >= 0.3 is 0 Å². The minimum absolute atomic E-state index is 0.206. The van der Waals surface area contributed by atoms with Crippen LogP contribution in [0.2, 0.25) is 0 Å². The second-order valence-corrected chi connectivity index (χ2v) is 11.0. The Morgan fingerprint density at radius 3 is 2.62 bits per heavy atom. The van der Waals surface area contributed by atoms with Crippen molar-refractivity contribution in [3.8, 4) is 22.8 Å². The number of nitrogens with one attached hydrogen (secondary N) is 2. The van der Waals surface area contributed by atoms with E-state index in [0.717, 1.165) is 55.4 Å². The van der Waals surface area contributed by atoms with E-state index in [0.29, 0.717) is 28.9 Å². The van der Waals surface area contributed by atoms with Crippen LogP contribution in [0.1, 0.15) is 5.56 Å². The van der Waals surface area contributed by atoms with Gasteiger partial charge in [-0.25, -0.2) is 9.67 Å². The molecule has 0 saturated carbocycles. The first-order chi connectivity index (χ1) is 20.4. The fraction of sp³-hybridized carbons (Fsp3) is 0.290. The summed E-state index contributed by atoms with van der Waals surface area (Å²) in [6.07, 6.45) is 4.94. The minimum Gasteiger partial charge on any atom is -0.494 e. The number of aromatic nitrogens is 4. The van der Waals surface area contributed by atoms with Crippen molar-refractivity contribution in [1.29, 1.82) is 0 Å². The van der Waals surface area contributed by atoms with Gasteiger partial charge in [0.25, 0.3) is 0 Å². The van der Waals surface area contributed by atoms with Crippen molar-refractivity contribution in [1.82, 2.24) is 24.6 Å². The molecule has 11 nitrogen and oxygen atoms in total. The van der Waals surface area contributed by atoms with Crippen molar-refractivity contribution in [2.75, 3.05) is 63.0 Å². The first kappa shape index (κ1) is 27.4. The van der Waals surface area contributed by atoms with Gasteiger partial charge in [0.2, 0.25) is 11.9 Å². The number of carbonyl (C=O) groups excluding carboxylic acids is 1. The standard InChI is InChI=1S/C31H34N8O3/c1-5-28(40)33-23-13-24(26(41-4)14-25(23)38-17-31(18-38)19-42-20-31)34-30-32-12-11-27(35-30)39-16-22(15-37(2)3)29(36-39)21-9-7-6-8-10-21/h5-14,16H,1,15,17-20H2,2-4H3,(H,33,40)(H,32,34,35). The fourth-order valence-corrected chi connectivity index (χ4v) is 5.37. The molecule has 2 fully saturated rings. The molecule has 2 aromatic carbocycles. The molecular formula is C31H34N8O3. The van der Waals surface area contributed by atoms with Gasteiger partial charge in [-0.2, -0.15) is 10.1 Å². The molecule has 0 atom stereocenters. The zero-order chi connectivity index (χ0) is 29.3. The third-order valence-electron chi connectivity index (χ3n) is 7.42. The monoisotopic (exact) mass is 566 g/mol. The van der Waals surface area contributed by atoms with E-state index in [1.165, 1.54) is 6.08 Å². The van der Waals surface area contributed by atoms with E-state index in [2.05, 4.69) is 44.1 Å². The summed E-state index contributed by atoms with van der Waals surface area (Å²) >= 11 is 0. The number of ether oxygens (including phenoxy) is 2. The maximum Gasteiger partial charge on any atom is 0.247 e. The highest BCUT2D eigenvalue weighted by Gasteiger charge is 2.49. The van der Waals surface area contributed by atoms with Crippen LogP contribution in [0, 0.1) is 5.41 Å². The van der Waals surface area contributed by atoms with Crippen molar-refractivity contribution in [2.45, 2.75) is 6.54 Å². The topological polar surface area (TPSA) is 110 Å². The Kier molecular flexibility index (Phi) is 7.36. The summed E-state index contributed by atoms with van der Waals surface area (Å²) in [5, 5.41) is 11.1. The van der Waals surface area contributed by atoms with Gasteiger partial charge < -0.3 is 29.9 Å². The van der Waals surface area contributed by atoms with Gasteiger partial charge in [0, 0.05) is 55.3 Å². The Hall–Kier alpha value is -4.74. The highest BCUT2D eigenvalue weighted by Crippen LogP contribution is 2.45. The largest absolute Gasteiger partial charge is 0.494 e. The second kappa shape index (κ2) is 11.3. The quantitative estimate of drug-likeness (QED) is 0.274. The van der Waals surface area contributed by atoms with E-state index in [4.69, 9.17) is 19.6 Å². The number of hydrogen-bond acceptors (Lipinski definition) is 9. The number of amides is 1. The molecule has 1 spiro atoms.